The van der Waals surface area contributed by atoms with E-state index in [1.54, 1.807) is 12.1 Å². The normalized spacial score (nSPS) is 14.3. The number of hydrogen-bond donors (Lipinski definition) is 1. The molecule has 0 aliphatic heterocycles. The molecule has 0 amide bonds. The third-order valence-electron chi connectivity index (χ3n) is 5.09. The molecule has 0 heterocycles. The van der Waals surface area contributed by atoms with Crippen LogP contribution in [-0.4, -0.2) is 34.5 Å². The maximum absolute atomic E-state index is 15.2. The van der Waals surface area contributed by atoms with Gasteiger partial charge in [-0.1, -0.05) is 43.7 Å². The lowest BCUT2D eigenvalue weighted by Crippen LogP contribution is -2.53. The van der Waals surface area contributed by atoms with E-state index in [0.717, 1.165) is 18.4 Å². The van der Waals surface area contributed by atoms with Gasteiger partial charge in [0.1, 0.15) is 22.9 Å². The van der Waals surface area contributed by atoms with Gasteiger partial charge in [0.05, 0.1) is 31.1 Å². The van der Waals surface area contributed by atoms with Crippen LogP contribution in [0.2, 0.25) is 0 Å². The summed E-state index contributed by atoms with van der Waals surface area (Å²) in [6.45, 7) is 6.04. The lowest BCUT2D eigenvalue weighted by molar-refractivity contribution is 0.0724. The third kappa shape index (κ3) is 8.51. The standard InChI is InChI=1S/C25H33FN2O3S2/c1-5-6-14-33(29)28-25(19-32-24(2,3)17-27,18-31-16-20-10-8-7-9-11-20)22-15-21(30-4)12-13-23(22)26/h7-13,15,28H,5-6,14,16,18-19H2,1-4H3/t25?,33-/m1/s1. The first-order chi connectivity index (χ1) is 15.7. The number of benzene rings is 2. The second-order valence-electron chi connectivity index (χ2n) is 8.32. The van der Waals surface area contributed by atoms with Crippen LogP contribution in [0.1, 0.15) is 44.7 Å². The largest absolute Gasteiger partial charge is 0.598 e. The first-order valence-corrected chi connectivity index (χ1v) is 13.2. The molecule has 0 saturated heterocycles. The van der Waals surface area contributed by atoms with Crippen molar-refractivity contribution >= 4 is 23.1 Å². The van der Waals surface area contributed by atoms with Gasteiger partial charge in [-0.15, -0.1) is 16.5 Å². The van der Waals surface area contributed by atoms with Crippen LogP contribution in [0.5, 0.6) is 5.75 Å². The topological polar surface area (TPSA) is 77.3 Å². The molecule has 0 spiro atoms. The highest BCUT2D eigenvalue weighted by Crippen LogP contribution is 2.36. The van der Waals surface area contributed by atoms with Crippen LogP contribution >= 0.6 is 11.8 Å². The van der Waals surface area contributed by atoms with Crippen LogP contribution in [0, 0.1) is 17.1 Å². The van der Waals surface area contributed by atoms with Crippen molar-refractivity contribution < 1.29 is 18.4 Å². The Hall–Kier alpha value is -1.76. The number of thioether (sulfide) groups is 1. The fraction of sp³-hybridized carbons (Fsp3) is 0.480. The van der Waals surface area contributed by atoms with E-state index in [4.69, 9.17) is 9.47 Å². The number of methoxy groups -OCH3 is 1. The zero-order valence-corrected chi connectivity index (χ0v) is 21.4. The second kappa shape index (κ2) is 13.2. The molecule has 2 aromatic rings. The fourth-order valence-electron chi connectivity index (χ4n) is 3.11. The summed E-state index contributed by atoms with van der Waals surface area (Å²) in [7, 11) is 1.52. The molecule has 2 rings (SSSR count). The zero-order chi connectivity index (χ0) is 24.3. The van der Waals surface area contributed by atoms with Crippen molar-refractivity contribution in [3.63, 3.8) is 0 Å². The lowest BCUT2D eigenvalue weighted by atomic mass is 9.93. The average molecular weight is 493 g/mol. The van der Waals surface area contributed by atoms with Crippen molar-refractivity contribution in [2.24, 2.45) is 0 Å². The zero-order valence-electron chi connectivity index (χ0n) is 19.7. The van der Waals surface area contributed by atoms with E-state index in [0.29, 0.717) is 23.7 Å². The van der Waals surface area contributed by atoms with Crippen molar-refractivity contribution in [1.82, 2.24) is 4.72 Å². The SMILES string of the molecule is CCCC[S@@+]([O-])NC(COCc1ccccc1)(CSC(C)(C)C#N)c1cc(OC)ccc1F. The van der Waals surface area contributed by atoms with Crippen LogP contribution in [0.15, 0.2) is 48.5 Å². The summed E-state index contributed by atoms with van der Waals surface area (Å²) >= 11 is -0.0493. The Morgan fingerprint density at radius 2 is 1.94 bits per heavy atom. The molecule has 0 radical (unpaired) electrons. The first kappa shape index (κ1) is 27.5. The molecule has 2 atom stereocenters. The molecule has 0 saturated carbocycles. The van der Waals surface area contributed by atoms with E-state index in [-0.39, 0.29) is 12.4 Å². The third-order valence-corrected chi connectivity index (χ3v) is 7.82. The molecule has 0 aliphatic carbocycles. The van der Waals surface area contributed by atoms with E-state index < -0.39 is 27.5 Å². The Kier molecular flexibility index (Phi) is 11.0. The van der Waals surface area contributed by atoms with Gasteiger partial charge in [0.15, 0.2) is 0 Å². The number of nitrogens with one attached hydrogen (secondary N) is 1. The molecular formula is C25H33FN2O3S2. The summed E-state index contributed by atoms with van der Waals surface area (Å²) in [6.07, 6.45) is 1.67. The van der Waals surface area contributed by atoms with Crippen molar-refractivity contribution in [3.05, 3.63) is 65.5 Å². The quantitative estimate of drug-likeness (QED) is 0.359. The summed E-state index contributed by atoms with van der Waals surface area (Å²) in [5, 5.41) is 9.54. The summed E-state index contributed by atoms with van der Waals surface area (Å²) < 4.78 is 42.1. The Morgan fingerprint density at radius 3 is 2.58 bits per heavy atom. The number of nitriles is 1. The molecular weight excluding hydrogens is 459 g/mol. The summed E-state index contributed by atoms with van der Waals surface area (Å²) in [4.78, 5) is 0. The number of hydrogen-bond acceptors (Lipinski definition) is 6. The van der Waals surface area contributed by atoms with Gasteiger partial charge in [0, 0.05) is 22.7 Å². The van der Waals surface area contributed by atoms with Crippen LogP contribution in [-0.2, 0) is 28.2 Å². The Morgan fingerprint density at radius 1 is 1.21 bits per heavy atom. The van der Waals surface area contributed by atoms with Gasteiger partial charge in [0.25, 0.3) is 0 Å². The van der Waals surface area contributed by atoms with Crippen LogP contribution < -0.4 is 9.46 Å². The molecule has 0 bridgehead atoms. The molecule has 1 unspecified atom stereocenters. The number of unbranched alkanes of at least 4 members (excludes halogenated alkanes) is 1. The van der Waals surface area contributed by atoms with E-state index in [1.807, 2.05) is 51.1 Å². The highest BCUT2D eigenvalue weighted by atomic mass is 32.2. The molecule has 2 aromatic carbocycles. The second-order valence-corrected chi connectivity index (χ2v) is 11.2. The number of halogens is 1. The molecule has 33 heavy (non-hydrogen) atoms. The van der Waals surface area contributed by atoms with Crippen molar-refractivity contribution in [3.8, 4) is 11.8 Å². The monoisotopic (exact) mass is 492 g/mol. The van der Waals surface area contributed by atoms with Crippen molar-refractivity contribution in [2.45, 2.75) is 50.5 Å². The Bertz CT molecular complexity index is 908. The maximum Gasteiger partial charge on any atom is 0.128 e. The summed E-state index contributed by atoms with van der Waals surface area (Å²) in [5.74, 6) is 0.762. The number of rotatable bonds is 14. The van der Waals surface area contributed by atoms with Gasteiger partial charge in [-0.2, -0.15) is 5.26 Å². The van der Waals surface area contributed by atoms with Crippen LogP contribution in [0.25, 0.3) is 0 Å². The molecule has 180 valence electrons. The maximum atomic E-state index is 15.2. The minimum atomic E-state index is -1.42. The van der Waals surface area contributed by atoms with Crippen molar-refractivity contribution in [2.75, 3.05) is 25.2 Å². The van der Waals surface area contributed by atoms with E-state index in [9.17, 15) is 9.81 Å². The van der Waals surface area contributed by atoms with Crippen LogP contribution in [0.3, 0.4) is 0 Å². The average Bonchev–Trinajstić information content (AvgIpc) is 2.82. The summed E-state index contributed by atoms with van der Waals surface area (Å²) in [5.41, 5.74) is 0.153. The van der Waals surface area contributed by atoms with Gasteiger partial charge >= 0.3 is 0 Å². The van der Waals surface area contributed by atoms with Gasteiger partial charge in [-0.3, -0.25) is 0 Å². The van der Waals surface area contributed by atoms with Gasteiger partial charge in [-0.05, 0) is 44.0 Å². The van der Waals surface area contributed by atoms with Gasteiger partial charge in [-0.25, -0.2) is 4.39 Å². The molecule has 0 aromatic heterocycles. The van der Waals surface area contributed by atoms with Crippen LogP contribution in [0.4, 0.5) is 4.39 Å². The molecule has 8 heteroatoms. The summed E-state index contributed by atoms with van der Waals surface area (Å²) in [6, 6.07) is 16.5. The lowest BCUT2D eigenvalue weighted by Gasteiger charge is -2.36. The Balaban J connectivity index is 2.45. The van der Waals surface area contributed by atoms with Gasteiger partial charge in [0.2, 0.25) is 0 Å². The fourth-order valence-corrected chi connectivity index (χ4v) is 5.51. The highest BCUT2D eigenvalue weighted by molar-refractivity contribution is 8.01. The molecule has 5 nitrogen and oxygen atoms in total. The van der Waals surface area contributed by atoms with Gasteiger partial charge < -0.3 is 14.0 Å². The smallest absolute Gasteiger partial charge is 0.128 e. The molecule has 0 fully saturated rings. The predicted octanol–water partition coefficient (Wildman–Crippen LogP) is 5.34. The molecule has 0 aliphatic rings. The predicted molar refractivity (Wildman–Crippen MR) is 134 cm³/mol. The van der Waals surface area contributed by atoms with E-state index >= 15 is 4.39 Å². The molecule has 1 N–H and O–H groups in total. The van der Waals surface area contributed by atoms with Crippen molar-refractivity contribution in [1.29, 1.82) is 5.26 Å². The Labute approximate surface area is 204 Å². The minimum Gasteiger partial charge on any atom is -0.598 e. The van der Waals surface area contributed by atoms with E-state index in [2.05, 4.69) is 10.8 Å². The minimum absolute atomic E-state index is 0.0678. The first-order valence-electron chi connectivity index (χ1n) is 10.9. The highest BCUT2D eigenvalue weighted by Gasteiger charge is 2.41. The number of nitrogens with zero attached hydrogens (tertiary/aromatic N) is 1. The number of ether oxygens (including phenoxy) is 2. The van der Waals surface area contributed by atoms with E-state index in [1.165, 1.54) is 24.9 Å².